The van der Waals surface area contributed by atoms with Gasteiger partial charge >= 0.3 is 0 Å². The van der Waals surface area contributed by atoms with Crippen molar-refractivity contribution in [2.24, 2.45) is 11.6 Å². The summed E-state index contributed by atoms with van der Waals surface area (Å²) in [4.78, 5) is 2.10. The Morgan fingerprint density at radius 2 is 2.08 bits per heavy atom. The van der Waals surface area contributed by atoms with Crippen LogP contribution in [0.4, 0.5) is 4.39 Å². The Bertz CT molecular complexity index is 540. The average molecular weight is 340 g/mol. The summed E-state index contributed by atoms with van der Waals surface area (Å²) in [5.41, 5.74) is 6.19. The molecule has 136 valence electrons. The average Bonchev–Trinajstić information content (AvgIpc) is 2.58. The SMILES string of the molecule is CCC(CN(CC)COc1ccc(CF)c(O)c1C)N(N)/C=C\N. The van der Waals surface area contributed by atoms with Crippen LogP contribution >= 0.6 is 0 Å². The molecule has 0 fully saturated rings. The standard InChI is InChI=1S/C17H29FN4O2/c1-4-15(22(20)9-8-19)11-21(5-2)12-24-16-7-6-14(10-18)17(23)13(16)3/h6-9,15,23H,4-5,10-12,19-20H2,1-3H3/b9-8-. The number of halogens is 1. The fraction of sp³-hybridized carbons (Fsp3) is 0.529. The van der Waals surface area contributed by atoms with E-state index in [1.165, 1.54) is 12.3 Å². The summed E-state index contributed by atoms with van der Waals surface area (Å²) >= 11 is 0. The minimum Gasteiger partial charge on any atom is -0.507 e. The van der Waals surface area contributed by atoms with Crippen LogP contribution in [0.15, 0.2) is 24.5 Å². The maximum absolute atomic E-state index is 12.7. The lowest BCUT2D eigenvalue weighted by atomic mass is 10.1. The molecule has 1 rings (SSSR count). The molecule has 0 saturated heterocycles. The van der Waals surface area contributed by atoms with Crippen molar-refractivity contribution < 1.29 is 14.2 Å². The summed E-state index contributed by atoms with van der Waals surface area (Å²) < 4.78 is 18.5. The highest BCUT2D eigenvalue weighted by Crippen LogP contribution is 2.31. The molecule has 1 unspecified atom stereocenters. The highest BCUT2D eigenvalue weighted by Gasteiger charge is 2.16. The van der Waals surface area contributed by atoms with Crippen LogP contribution in [-0.2, 0) is 6.67 Å². The number of ether oxygens (including phenoxy) is 1. The van der Waals surface area contributed by atoms with Crippen molar-refractivity contribution in [2.45, 2.75) is 39.9 Å². The normalized spacial score (nSPS) is 12.8. The van der Waals surface area contributed by atoms with E-state index in [9.17, 15) is 9.50 Å². The fourth-order valence-electron chi connectivity index (χ4n) is 2.39. The van der Waals surface area contributed by atoms with Crippen LogP contribution in [0.3, 0.4) is 0 Å². The number of rotatable bonds is 10. The first-order valence-electron chi connectivity index (χ1n) is 8.12. The smallest absolute Gasteiger partial charge is 0.142 e. The van der Waals surface area contributed by atoms with Gasteiger partial charge in [-0.2, -0.15) is 0 Å². The van der Waals surface area contributed by atoms with E-state index >= 15 is 0 Å². The number of alkyl halides is 1. The maximum atomic E-state index is 12.7. The van der Waals surface area contributed by atoms with Crippen LogP contribution in [0.25, 0.3) is 0 Å². The molecule has 0 radical (unpaired) electrons. The van der Waals surface area contributed by atoms with Crippen molar-refractivity contribution >= 4 is 0 Å². The number of benzene rings is 1. The van der Waals surface area contributed by atoms with Gasteiger partial charge in [0.2, 0.25) is 0 Å². The van der Waals surface area contributed by atoms with E-state index in [2.05, 4.69) is 11.8 Å². The number of phenols is 1. The second-order valence-electron chi connectivity index (χ2n) is 5.62. The summed E-state index contributed by atoms with van der Waals surface area (Å²) in [6, 6.07) is 3.33. The van der Waals surface area contributed by atoms with Gasteiger partial charge in [0.25, 0.3) is 0 Å². The van der Waals surface area contributed by atoms with Crippen LogP contribution in [0, 0.1) is 6.92 Å². The van der Waals surface area contributed by atoms with Gasteiger partial charge in [0, 0.05) is 30.1 Å². The number of aromatic hydroxyl groups is 1. The van der Waals surface area contributed by atoms with E-state index < -0.39 is 6.67 Å². The number of likely N-dealkylation sites (N-methyl/N-ethyl adjacent to an activating group) is 1. The summed E-state index contributed by atoms with van der Waals surface area (Å²) in [6.45, 7) is 6.94. The summed E-state index contributed by atoms with van der Waals surface area (Å²) in [7, 11) is 0. The maximum Gasteiger partial charge on any atom is 0.142 e. The minimum atomic E-state index is -0.701. The summed E-state index contributed by atoms with van der Waals surface area (Å²) in [6.07, 6.45) is 3.91. The zero-order valence-electron chi connectivity index (χ0n) is 14.7. The van der Waals surface area contributed by atoms with E-state index in [0.717, 1.165) is 13.0 Å². The predicted molar refractivity (Wildman–Crippen MR) is 93.8 cm³/mol. The number of nitrogens with two attached hydrogens (primary N) is 2. The Hall–Kier alpha value is -1.99. The number of nitrogens with zero attached hydrogens (tertiary/aromatic N) is 2. The Labute approximate surface area is 143 Å². The third kappa shape index (κ3) is 5.28. The lowest BCUT2D eigenvalue weighted by Crippen LogP contribution is -2.45. The molecular weight excluding hydrogens is 311 g/mol. The predicted octanol–water partition coefficient (Wildman–Crippen LogP) is 2.21. The van der Waals surface area contributed by atoms with Crippen molar-refractivity contribution in [3.8, 4) is 11.5 Å². The van der Waals surface area contributed by atoms with Gasteiger partial charge < -0.3 is 20.6 Å². The highest BCUT2D eigenvalue weighted by atomic mass is 19.1. The van der Waals surface area contributed by atoms with Crippen LogP contribution in [0.5, 0.6) is 11.5 Å². The van der Waals surface area contributed by atoms with Crippen molar-refractivity contribution in [1.29, 1.82) is 0 Å². The quantitative estimate of drug-likeness (QED) is 0.344. The Balaban J connectivity index is 2.71. The molecule has 0 aliphatic heterocycles. The van der Waals surface area contributed by atoms with Gasteiger partial charge in [-0.15, -0.1) is 0 Å². The van der Waals surface area contributed by atoms with Crippen molar-refractivity contribution in [3.05, 3.63) is 35.7 Å². The van der Waals surface area contributed by atoms with Crippen molar-refractivity contribution in [2.75, 3.05) is 19.8 Å². The van der Waals surface area contributed by atoms with Gasteiger partial charge in [0.05, 0.1) is 6.04 Å². The summed E-state index contributed by atoms with van der Waals surface area (Å²) in [5, 5.41) is 11.5. The van der Waals surface area contributed by atoms with Crippen LogP contribution < -0.4 is 16.3 Å². The molecule has 1 aromatic carbocycles. The number of hydrogen-bond donors (Lipinski definition) is 3. The van der Waals surface area contributed by atoms with E-state index in [-0.39, 0.29) is 17.4 Å². The first-order valence-corrected chi connectivity index (χ1v) is 8.12. The van der Waals surface area contributed by atoms with Crippen molar-refractivity contribution in [1.82, 2.24) is 9.91 Å². The second kappa shape index (κ2) is 10.00. The molecule has 0 spiro atoms. The minimum absolute atomic E-state index is 0.0503. The van der Waals surface area contributed by atoms with Gasteiger partial charge in [-0.3, -0.25) is 4.90 Å². The molecule has 7 heteroatoms. The Kier molecular flexibility index (Phi) is 8.35. The van der Waals surface area contributed by atoms with E-state index in [4.69, 9.17) is 16.3 Å². The molecule has 1 aromatic rings. The van der Waals surface area contributed by atoms with Gasteiger partial charge in [-0.25, -0.2) is 10.2 Å². The molecule has 0 saturated carbocycles. The van der Waals surface area contributed by atoms with E-state index in [0.29, 0.717) is 24.6 Å². The molecule has 24 heavy (non-hydrogen) atoms. The molecular formula is C17H29FN4O2. The van der Waals surface area contributed by atoms with Crippen LogP contribution in [-0.4, -0.2) is 40.9 Å². The molecule has 0 aromatic heterocycles. The third-order valence-corrected chi connectivity index (χ3v) is 4.08. The molecule has 0 aliphatic carbocycles. The number of phenolic OH excluding ortho intramolecular Hbond substituents is 1. The van der Waals surface area contributed by atoms with E-state index in [1.54, 1.807) is 24.2 Å². The molecule has 0 amide bonds. The zero-order valence-corrected chi connectivity index (χ0v) is 14.7. The molecule has 0 heterocycles. The largest absolute Gasteiger partial charge is 0.507 e. The molecule has 0 bridgehead atoms. The Morgan fingerprint density at radius 3 is 2.62 bits per heavy atom. The topological polar surface area (TPSA) is 88.0 Å². The molecule has 5 N–H and O–H groups in total. The molecule has 1 atom stereocenters. The van der Waals surface area contributed by atoms with Crippen molar-refractivity contribution in [3.63, 3.8) is 0 Å². The molecule has 6 nitrogen and oxygen atoms in total. The van der Waals surface area contributed by atoms with Gasteiger partial charge in [-0.05, 0) is 32.0 Å². The first-order chi connectivity index (χ1) is 11.5. The summed E-state index contributed by atoms with van der Waals surface area (Å²) in [5.74, 6) is 6.45. The third-order valence-electron chi connectivity index (χ3n) is 4.08. The second-order valence-corrected chi connectivity index (χ2v) is 5.62. The van der Waals surface area contributed by atoms with Gasteiger partial charge in [0.15, 0.2) is 0 Å². The van der Waals surface area contributed by atoms with E-state index in [1.807, 2.05) is 6.92 Å². The van der Waals surface area contributed by atoms with Gasteiger partial charge in [0.1, 0.15) is 24.9 Å². The zero-order chi connectivity index (χ0) is 18.1. The number of hydrazine groups is 1. The number of hydrogen-bond acceptors (Lipinski definition) is 6. The van der Waals surface area contributed by atoms with Gasteiger partial charge in [-0.1, -0.05) is 13.8 Å². The Morgan fingerprint density at radius 1 is 1.38 bits per heavy atom. The lowest BCUT2D eigenvalue weighted by Gasteiger charge is -2.31. The first kappa shape index (κ1) is 20.1. The fourth-order valence-corrected chi connectivity index (χ4v) is 2.39. The van der Waals surface area contributed by atoms with Crippen LogP contribution in [0.2, 0.25) is 0 Å². The molecule has 0 aliphatic rings. The highest BCUT2D eigenvalue weighted by molar-refractivity contribution is 5.48. The monoisotopic (exact) mass is 340 g/mol. The van der Waals surface area contributed by atoms with Crippen LogP contribution in [0.1, 0.15) is 31.4 Å². The lowest BCUT2D eigenvalue weighted by molar-refractivity contribution is 0.0971.